The van der Waals surface area contributed by atoms with Crippen molar-refractivity contribution in [2.24, 2.45) is 0 Å². The summed E-state index contributed by atoms with van der Waals surface area (Å²) in [6.45, 7) is 2.71. The molecule has 2 aromatic heterocycles. The van der Waals surface area contributed by atoms with Gasteiger partial charge in [-0.15, -0.1) is 10.2 Å². The summed E-state index contributed by atoms with van der Waals surface area (Å²) in [6, 6.07) is 3.42. The highest BCUT2D eigenvalue weighted by Gasteiger charge is 2.12. The molecule has 0 unspecified atom stereocenters. The Morgan fingerprint density at radius 2 is 2.12 bits per heavy atom. The van der Waals surface area contributed by atoms with Gasteiger partial charge >= 0.3 is 0 Å². The van der Waals surface area contributed by atoms with Crippen LogP contribution in [0.15, 0.2) is 24.5 Å². The normalized spacial score (nSPS) is 9.94. The van der Waals surface area contributed by atoms with Crippen LogP contribution in [-0.4, -0.2) is 27.6 Å². The van der Waals surface area contributed by atoms with Crippen molar-refractivity contribution in [3.05, 3.63) is 29.5 Å². The summed E-state index contributed by atoms with van der Waals surface area (Å²) >= 11 is 1.22. The number of hydrogen-bond donors (Lipinski definition) is 2. The molecule has 88 valence electrons. The number of aromatic nitrogens is 3. The maximum absolute atomic E-state index is 11.8. The maximum atomic E-state index is 11.8. The highest BCUT2D eigenvalue weighted by atomic mass is 32.1. The van der Waals surface area contributed by atoms with Gasteiger partial charge in [0.1, 0.15) is 0 Å². The Balaban J connectivity index is 2.04. The molecule has 17 heavy (non-hydrogen) atoms. The molecule has 0 radical (unpaired) electrons. The second kappa shape index (κ2) is 5.35. The van der Waals surface area contributed by atoms with E-state index < -0.39 is 0 Å². The first-order valence-corrected chi connectivity index (χ1v) is 5.90. The Bertz CT molecular complexity index is 498. The smallest absolute Gasteiger partial charge is 0.286 e. The molecule has 7 heteroatoms. The SMILES string of the molecule is CCNc1nnc(C(=O)Nc2ccncc2)s1. The quantitative estimate of drug-likeness (QED) is 0.860. The first-order chi connectivity index (χ1) is 8.29. The van der Waals surface area contributed by atoms with Gasteiger partial charge in [0, 0.05) is 24.6 Å². The Labute approximate surface area is 102 Å². The molecule has 6 nitrogen and oxygen atoms in total. The zero-order valence-corrected chi connectivity index (χ0v) is 9.99. The van der Waals surface area contributed by atoms with E-state index in [9.17, 15) is 4.79 Å². The molecule has 2 N–H and O–H groups in total. The topological polar surface area (TPSA) is 79.8 Å². The zero-order valence-electron chi connectivity index (χ0n) is 9.17. The molecule has 0 aliphatic heterocycles. The number of carbonyl (C=O) groups excluding carboxylic acids is 1. The number of anilines is 2. The van der Waals surface area contributed by atoms with Gasteiger partial charge in [-0.3, -0.25) is 9.78 Å². The minimum Gasteiger partial charge on any atom is -0.360 e. The molecule has 2 rings (SSSR count). The second-order valence-electron chi connectivity index (χ2n) is 3.13. The molecule has 0 fully saturated rings. The van der Waals surface area contributed by atoms with Crippen LogP contribution in [0.5, 0.6) is 0 Å². The van der Waals surface area contributed by atoms with E-state index in [0.29, 0.717) is 15.8 Å². The van der Waals surface area contributed by atoms with Crippen LogP contribution < -0.4 is 10.6 Å². The highest BCUT2D eigenvalue weighted by molar-refractivity contribution is 7.17. The van der Waals surface area contributed by atoms with Gasteiger partial charge in [0.05, 0.1) is 0 Å². The van der Waals surface area contributed by atoms with Crippen molar-refractivity contribution < 1.29 is 4.79 Å². The van der Waals surface area contributed by atoms with Crippen molar-refractivity contribution >= 4 is 28.1 Å². The summed E-state index contributed by atoms with van der Waals surface area (Å²) in [5, 5.41) is 14.4. The zero-order chi connectivity index (χ0) is 12.1. The lowest BCUT2D eigenvalue weighted by atomic mass is 10.4. The fourth-order valence-electron chi connectivity index (χ4n) is 1.16. The third-order valence-corrected chi connectivity index (χ3v) is 2.77. The molecule has 0 saturated carbocycles. The first kappa shape index (κ1) is 11.5. The van der Waals surface area contributed by atoms with Gasteiger partial charge in [-0.25, -0.2) is 0 Å². The fourth-order valence-corrected chi connectivity index (χ4v) is 1.86. The van der Waals surface area contributed by atoms with Crippen LogP contribution in [0.25, 0.3) is 0 Å². The molecule has 0 bridgehead atoms. The number of nitrogens with zero attached hydrogens (tertiary/aromatic N) is 3. The van der Waals surface area contributed by atoms with Gasteiger partial charge in [0.2, 0.25) is 10.1 Å². The van der Waals surface area contributed by atoms with Crippen molar-refractivity contribution in [2.45, 2.75) is 6.92 Å². The Morgan fingerprint density at radius 1 is 1.35 bits per heavy atom. The highest BCUT2D eigenvalue weighted by Crippen LogP contribution is 2.16. The molecule has 0 aromatic carbocycles. The molecular weight excluding hydrogens is 238 g/mol. The summed E-state index contributed by atoms with van der Waals surface area (Å²) in [7, 11) is 0. The van der Waals surface area contributed by atoms with Crippen LogP contribution in [0, 0.1) is 0 Å². The van der Waals surface area contributed by atoms with Crippen LogP contribution in [0.1, 0.15) is 16.7 Å². The summed E-state index contributed by atoms with van der Waals surface area (Å²) in [5.74, 6) is -0.266. The number of carbonyl (C=O) groups is 1. The third kappa shape index (κ3) is 2.97. The second-order valence-corrected chi connectivity index (χ2v) is 4.11. The van der Waals surface area contributed by atoms with Crippen LogP contribution in [0.3, 0.4) is 0 Å². The minimum absolute atomic E-state index is 0.266. The number of amides is 1. The van der Waals surface area contributed by atoms with E-state index in [1.54, 1.807) is 24.5 Å². The van der Waals surface area contributed by atoms with E-state index in [0.717, 1.165) is 6.54 Å². The van der Waals surface area contributed by atoms with Gasteiger partial charge < -0.3 is 10.6 Å². The Morgan fingerprint density at radius 3 is 2.82 bits per heavy atom. The number of nitrogens with one attached hydrogen (secondary N) is 2. The van der Waals surface area contributed by atoms with E-state index in [1.807, 2.05) is 6.92 Å². The lowest BCUT2D eigenvalue weighted by Gasteiger charge is -2.00. The Kier molecular flexibility index (Phi) is 3.61. The predicted octanol–water partition coefficient (Wildman–Crippen LogP) is 1.62. The monoisotopic (exact) mass is 249 g/mol. The molecule has 1 amide bonds. The van der Waals surface area contributed by atoms with Gasteiger partial charge in [0.15, 0.2) is 0 Å². The predicted molar refractivity (Wildman–Crippen MR) is 66.3 cm³/mol. The molecule has 2 aromatic rings. The Hall–Kier alpha value is -2.02. The van der Waals surface area contributed by atoms with Crippen LogP contribution in [0.2, 0.25) is 0 Å². The number of pyridine rings is 1. The van der Waals surface area contributed by atoms with Crippen LogP contribution in [-0.2, 0) is 0 Å². The maximum Gasteiger partial charge on any atom is 0.286 e. The third-order valence-electron chi connectivity index (χ3n) is 1.89. The van der Waals surface area contributed by atoms with E-state index in [4.69, 9.17) is 0 Å². The van der Waals surface area contributed by atoms with Crippen molar-refractivity contribution in [1.29, 1.82) is 0 Å². The fraction of sp³-hybridized carbons (Fsp3) is 0.200. The molecular formula is C10H11N5OS. The van der Waals surface area contributed by atoms with Crippen molar-refractivity contribution in [3.8, 4) is 0 Å². The summed E-state index contributed by atoms with van der Waals surface area (Å²) in [6.07, 6.45) is 3.22. The van der Waals surface area contributed by atoms with Gasteiger partial charge in [-0.2, -0.15) is 0 Å². The minimum atomic E-state index is -0.266. The van der Waals surface area contributed by atoms with Crippen molar-refractivity contribution in [1.82, 2.24) is 15.2 Å². The number of rotatable bonds is 4. The summed E-state index contributed by atoms with van der Waals surface area (Å²) < 4.78 is 0. The van der Waals surface area contributed by atoms with Gasteiger partial charge in [-0.1, -0.05) is 11.3 Å². The average Bonchev–Trinajstić information content (AvgIpc) is 2.79. The van der Waals surface area contributed by atoms with Crippen molar-refractivity contribution in [3.63, 3.8) is 0 Å². The number of hydrogen-bond acceptors (Lipinski definition) is 6. The summed E-state index contributed by atoms with van der Waals surface area (Å²) in [4.78, 5) is 15.6. The van der Waals surface area contributed by atoms with E-state index in [2.05, 4.69) is 25.8 Å². The molecule has 0 aliphatic rings. The van der Waals surface area contributed by atoms with E-state index in [-0.39, 0.29) is 5.91 Å². The molecule has 0 spiro atoms. The van der Waals surface area contributed by atoms with Gasteiger partial charge in [-0.05, 0) is 19.1 Å². The first-order valence-electron chi connectivity index (χ1n) is 5.08. The van der Waals surface area contributed by atoms with Crippen LogP contribution in [0.4, 0.5) is 10.8 Å². The lowest BCUT2D eigenvalue weighted by molar-refractivity contribution is 0.102. The molecule has 0 saturated heterocycles. The average molecular weight is 249 g/mol. The van der Waals surface area contributed by atoms with E-state index >= 15 is 0 Å². The molecule has 0 aliphatic carbocycles. The van der Waals surface area contributed by atoms with Crippen molar-refractivity contribution in [2.75, 3.05) is 17.2 Å². The van der Waals surface area contributed by atoms with Crippen LogP contribution >= 0.6 is 11.3 Å². The molecule has 0 atom stereocenters. The molecule has 2 heterocycles. The largest absolute Gasteiger partial charge is 0.360 e. The standard InChI is InChI=1S/C10H11N5OS/c1-2-12-10-15-14-9(17-10)8(16)13-7-3-5-11-6-4-7/h3-6H,2H2,1H3,(H,12,15)(H,11,13,16). The van der Waals surface area contributed by atoms with E-state index in [1.165, 1.54) is 11.3 Å². The lowest BCUT2D eigenvalue weighted by Crippen LogP contribution is -2.11. The van der Waals surface area contributed by atoms with Gasteiger partial charge in [0.25, 0.3) is 5.91 Å². The summed E-state index contributed by atoms with van der Waals surface area (Å²) in [5.41, 5.74) is 0.685.